The molecular formula is C14H20N2O3. The first kappa shape index (κ1) is 13.9. The fourth-order valence-corrected chi connectivity index (χ4v) is 3.08. The summed E-state index contributed by atoms with van der Waals surface area (Å²) in [6.45, 7) is 2.58. The Hall–Kier alpha value is -1.54. The van der Waals surface area contributed by atoms with E-state index in [2.05, 4.69) is 16.1 Å². The van der Waals surface area contributed by atoms with Gasteiger partial charge in [-0.05, 0) is 25.3 Å². The first-order valence-corrected chi connectivity index (χ1v) is 6.79. The molecule has 0 radical (unpaired) electrons. The number of hydrogen-bond donors (Lipinski definition) is 2. The van der Waals surface area contributed by atoms with Gasteiger partial charge in [0.05, 0.1) is 6.42 Å². The molecule has 5 nitrogen and oxygen atoms in total. The summed E-state index contributed by atoms with van der Waals surface area (Å²) >= 11 is 0. The molecule has 3 aliphatic rings. The van der Waals surface area contributed by atoms with Gasteiger partial charge in [0.2, 0.25) is 5.91 Å². The monoisotopic (exact) mass is 264 g/mol. The van der Waals surface area contributed by atoms with Crippen LogP contribution in [0, 0.1) is 24.2 Å². The third kappa shape index (κ3) is 3.48. The number of fused-ring (bicyclic) bond motifs is 3. The van der Waals surface area contributed by atoms with Crippen molar-refractivity contribution in [2.24, 2.45) is 11.8 Å². The number of rotatable bonds is 5. The van der Waals surface area contributed by atoms with Crippen LogP contribution in [0.15, 0.2) is 0 Å². The van der Waals surface area contributed by atoms with Crippen LogP contribution in [0.2, 0.25) is 0 Å². The highest BCUT2D eigenvalue weighted by Gasteiger charge is 2.39. The molecule has 3 heterocycles. The van der Waals surface area contributed by atoms with Crippen LogP contribution in [-0.2, 0) is 9.59 Å². The second-order valence-electron chi connectivity index (χ2n) is 5.40. The number of amides is 1. The molecule has 0 aromatic carbocycles. The second kappa shape index (κ2) is 6.07. The largest absolute Gasteiger partial charge is 0.481 e. The van der Waals surface area contributed by atoms with Crippen LogP contribution in [-0.4, -0.2) is 47.6 Å². The SMILES string of the molecule is C#CC1CN2CCC1CC2CNC(=O)CCC(=O)O. The topological polar surface area (TPSA) is 69.6 Å². The van der Waals surface area contributed by atoms with E-state index in [4.69, 9.17) is 11.5 Å². The maximum Gasteiger partial charge on any atom is 0.303 e. The summed E-state index contributed by atoms with van der Waals surface area (Å²) < 4.78 is 0. The highest BCUT2D eigenvalue weighted by atomic mass is 16.4. The van der Waals surface area contributed by atoms with Gasteiger partial charge in [0.25, 0.3) is 0 Å². The van der Waals surface area contributed by atoms with E-state index in [0.717, 1.165) is 25.9 Å². The Morgan fingerprint density at radius 3 is 2.79 bits per heavy atom. The molecule has 0 aromatic rings. The number of carboxylic acids is 1. The minimum atomic E-state index is -0.938. The highest BCUT2D eigenvalue weighted by Crippen LogP contribution is 2.35. The Labute approximate surface area is 113 Å². The number of terminal acetylenes is 1. The van der Waals surface area contributed by atoms with Crippen LogP contribution in [0.5, 0.6) is 0 Å². The maximum atomic E-state index is 11.5. The van der Waals surface area contributed by atoms with Crippen LogP contribution in [0.25, 0.3) is 0 Å². The van der Waals surface area contributed by atoms with Gasteiger partial charge in [-0.15, -0.1) is 12.3 Å². The van der Waals surface area contributed by atoms with Gasteiger partial charge in [-0.2, -0.15) is 0 Å². The number of carboxylic acid groups (broad SMARTS) is 1. The van der Waals surface area contributed by atoms with Crippen molar-refractivity contribution in [2.75, 3.05) is 19.6 Å². The van der Waals surface area contributed by atoms with Crippen LogP contribution in [0.1, 0.15) is 25.7 Å². The molecule has 3 aliphatic heterocycles. The normalized spacial score (nSPS) is 32.6. The highest BCUT2D eigenvalue weighted by molar-refractivity contribution is 5.80. The minimum Gasteiger partial charge on any atom is -0.481 e. The van der Waals surface area contributed by atoms with Crippen molar-refractivity contribution in [1.29, 1.82) is 0 Å². The van der Waals surface area contributed by atoms with E-state index >= 15 is 0 Å². The predicted molar refractivity (Wildman–Crippen MR) is 70.3 cm³/mol. The lowest BCUT2D eigenvalue weighted by molar-refractivity contribution is -0.138. The zero-order valence-electron chi connectivity index (χ0n) is 11.0. The van der Waals surface area contributed by atoms with Gasteiger partial charge in [-0.1, -0.05) is 0 Å². The van der Waals surface area contributed by atoms with Crippen LogP contribution >= 0.6 is 0 Å². The standard InChI is InChI=1S/C14H20N2O3/c1-2-10-9-16-6-5-11(10)7-12(16)8-15-13(17)3-4-14(18)19/h1,10-12H,3-9H2,(H,15,17)(H,18,19). The number of carbonyl (C=O) groups is 2. The van der Waals surface area contributed by atoms with E-state index in [9.17, 15) is 9.59 Å². The molecule has 0 aliphatic carbocycles. The smallest absolute Gasteiger partial charge is 0.303 e. The number of nitrogens with zero attached hydrogens (tertiary/aromatic N) is 1. The van der Waals surface area contributed by atoms with Crippen molar-refractivity contribution in [3.05, 3.63) is 0 Å². The summed E-state index contributed by atoms with van der Waals surface area (Å²) in [7, 11) is 0. The fourth-order valence-electron chi connectivity index (χ4n) is 3.08. The third-order valence-electron chi connectivity index (χ3n) is 4.19. The van der Waals surface area contributed by atoms with Gasteiger partial charge in [-0.25, -0.2) is 0 Å². The summed E-state index contributed by atoms with van der Waals surface area (Å²) in [6, 6.07) is 0.358. The molecule has 19 heavy (non-hydrogen) atoms. The summed E-state index contributed by atoms with van der Waals surface area (Å²) in [5.74, 6) is 2.67. The Kier molecular flexibility index (Phi) is 4.43. The van der Waals surface area contributed by atoms with Crippen LogP contribution in [0.4, 0.5) is 0 Å². The Morgan fingerprint density at radius 1 is 1.42 bits per heavy atom. The summed E-state index contributed by atoms with van der Waals surface area (Å²) in [4.78, 5) is 24.2. The van der Waals surface area contributed by atoms with Crippen molar-refractivity contribution in [1.82, 2.24) is 10.2 Å². The second-order valence-corrected chi connectivity index (χ2v) is 5.40. The fraction of sp³-hybridized carbons (Fsp3) is 0.714. The Morgan fingerprint density at radius 2 is 2.21 bits per heavy atom. The molecule has 3 saturated heterocycles. The van der Waals surface area contributed by atoms with E-state index < -0.39 is 5.97 Å². The molecule has 2 N–H and O–H groups in total. The van der Waals surface area contributed by atoms with E-state index in [0.29, 0.717) is 24.4 Å². The quantitative estimate of drug-likeness (QED) is 0.701. The van der Waals surface area contributed by atoms with Gasteiger partial charge in [0.15, 0.2) is 0 Å². The molecule has 0 saturated carbocycles. The Balaban J connectivity index is 1.75. The zero-order chi connectivity index (χ0) is 13.8. The van der Waals surface area contributed by atoms with Gasteiger partial charge >= 0.3 is 5.97 Å². The van der Waals surface area contributed by atoms with Gasteiger partial charge in [0, 0.05) is 31.5 Å². The number of nitrogens with one attached hydrogen (secondary N) is 1. The minimum absolute atomic E-state index is 0.0540. The summed E-state index contributed by atoms with van der Waals surface area (Å²) in [5.41, 5.74) is 0. The number of piperidine rings is 3. The molecule has 0 spiro atoms. The van der Waals surface area contributed by atoms with Crippen molar-refractivity contribution in [2.45, 2.75) is 31.7 Å². The van der Waals surface area contributed by atoms with E-state index in [1.54, 1.807) is 0 Å². The summed E-state index contributed by atoms with van der Waals surface area (Å²) in [6.07, 6.45) is 7.66. The molecule has 0 aromatic heterocycles. The lowest BCUT2D eigenvalue weighted by Gasteiger charge is -2.48. The molecule has 3 rings (SSSR count). The van der Waals surface area contributed by atoms with Crippen LogP contribution in [0.3, 0.4) is 0 Å². The third-order valence-corrected chi connectivity index (χ3v) is 4.19. The zero-order valence-corrected chi connectivity index (χ0v) is 11.0. The molecule has 5 heteroatoms. The lowest BCUT2D eigenvalue weighted by atomic mass is 9.76. The maximum absolute atomic E-state index is 11.5. The van der Waals surface area contributed by atoms with Crippen LogP contribution < -0.4 is 5.32 Å². The summed E-state index contributed by atoms with van der Waals surface area (Å²) in [5, 5.41) is 11.3. The van der Waals surface area contributed by atoms with Crippen molar-refractivity contribution < 1.29 is 14.7 Å². The van der Waals surface area contributed by atoms with E-state index in [1.807, 2.05) is 0 Å². The molecule has 4 atom stereocenters. The lowest BCUT2D eigenvalue weighted by Crippen LogP contribution is -2.56. The number of hydrogen-bond acceptors (Lipinski definition) is 3. The molecule has 104 valence electrons. The van der Waals surface area contributed by atoms with E-state index in [-0.39, 0.29) is 18.7 Å². The molecule has 4 unspecified atom stereocenters. The molecule has 1 amide bonds. The molecular weight excluding hydrogens is 244 g/mol. The van der Waals surface area contributed by atoms with Gasteiger partial charge < -0.3 is 10.4 Å². The average Bonchev–Trinajstić information content (AvgIpc) is 2.43. The van der Waals surface area contributed by atoms with Gasteiger partial charge in [-0.3, -0.25) is 14.5 Å². The van der Waals surface area contributed by atoms with Crippen molar-refractivity contribution in [3.8, 4) is 12.3 Å². The van der Waals surface area contributed by atoms with Gasteiger partial charge in [0.1, 0.15) is 0 Å². The number of aliphatic carboxylic acids is 1. The molecule has 2 bridgehead atoms. The first-order valence-electron chi connectivity index (χ1n) is 6.79. The average molecular weight is 264 g/mol. The predicted octanol–water partition coefficient (Wildman–Crippen LogP) is 0.311. The van der Waals surface area contributed by atoms with Crippen molar-refractivity contribution >= 4 is 11.9 Å². The first-order chi connectivity index (χ1) is 9.10. The molecule has 3 fully saturated rings. The number of carbonyl (C=O) groups excluding carboxylic acids is 1. The van der Waals surface area contributed by atoms with Crippen molar-refractivity contribution in [3.63, 3.8) is 0 Å². The Bertz CT molecular complexity index is 402. The van der Waals surface area contributed by atoms with E-state index in [1.165, 1.54) is 0 Å².